The van der Waals surface area contributed by atoms with Gasteiger partial charge in [0, 0.05) is 26.9 Å². The van der Waals surface area contributed by atoms with Crippen LogP contribution >= 0.6 is 0 Å². The Balaban J connectivity index is 2.22. The van der Waals surface area contributed by atoms with Crippen molar-refractivity contribution in [3.8, 4) is 5.75 Å². The molecule has 0 amide bonds. The first-order valence-electron chi connectivity index (χ1n) is 7.23. The first kappa shape index (κ1) is 17.9. The summed E-state index contributed by atoms with van der Waals surface area (Å²) >= 11 is 0. The van der Waals surface area contributed by atoms with Crippen LogP contribution in [-0.4, -0.2) is 59.2 Å². The van der Waals surface area contributed by atoms with E-state index in [-0.39, 0.29) is 29.0 Å². The lowest BCUT2D eigenvalue weighted by Gasteiger charge is -2.14. The molecule has 1 saturated heterocycles. The summed E-state index contributed by atoms with van der Waals surface area (Å²) in [6.07, 6.45) is 0.234. The van der Waals surface area contributed by atoms with Gasteiger partial charge in [-0.15, -0.1) is 0 Å². The van der Waals surface area contributed by atoms with Gasteiger partial charge in [0.05, 0.1) is 30.8 Å². The Hall–Kier alpha value is -1.48. The number of rotatable bonds is 7. The predicted molar refractivity (Wildman–Crippen MR) is 83.1 cm³/mol. The third-order valence-electron chi connectivity index (χ3n) is 3.55. The van der Waals surface area contributed by atoms with Gasteiger partial charge in [-0.2, -0.15) is 0 Å². The summed E-state index contributed by atoms with van der Waals surface area (Å²) in [6, 6.07) is 4.27. The van der Waals surface area contributed by atoms with E-state index < -0.39 is 10.0 Å². The molecule has 8 heteroatoms. The van der Waals surface area contributed by atoms with E-state index in [4.69, 9.17) is 14.2 Å². The van der Waals surface area contributed by atoms with E-state index in [1.807, 2.05) is 0 Å². The van der Waals surface area contributed by atoms with E-state index in [1.165, 1.54) is 39.4 Å². The summed E-state index contributed by atoms with van der Waals surface area (Å²) in [5.41, 5.74) is 0.244. The van der Waals surface area contributed by atoms with Crippen LogP contribution in [0.5, 0.6) is 5.75 Å². The second-order valence-electron chi connectivity index (χ2n) is 5.28. The summed E-state index contributed by atoms with van der Waals surface area (Å²) in [4.78, 5) is 12.5. The topological polar surface area (TPSA) is 82.1 Å². The largest absolute Gasteiger partial charge is 0.496 e. The van der Waals surface area contributed by atoms with Crippen molar-refractivity contribution in [1.82, 2.24) is 4.31 Å². The molecular formula is C15H21NO6S. The van der Waals surface area contributed by atoms with Gasteiger partial charge in [-0.25, -0.2) is 12.7 Å². The minimum Gasteiger partial charge on any atom is -0.496 e. The number of Topliss-reactive ketones (excluding diaryl/α,β-unsaturated/α-hetero) is 1. The first-order chi connectivity index (χ1) is 10.9. The number of carbonyl (C=O) groups is 1. The highest BCUT2D eigenvalue weighted by Gasteiger charge is 2.23. The molecule has 0 unspecified atom stereocenters. The summed E-state index contributed by atoms with van der Waals surface area (Å²) in [7, 11) is 0.708. The lowest BCUT2D eigenvalue weighted by atomic mass is 10.1. The summed E-state index contributed by atoms with van der Waals surface area (Å²) in [5.74, 6) is 0.137. The average molecular weight is 343 g/mol. The molecule has 0 atom stereocenters. The van der Waals surface area contributed by atoms with E-state index in [1.54, 1.807) is 0 Å². The van der Waals surface area contributed by atoms with E-state index in [0.717, 1.165) is 4.31 Å². The summed E-state index contributed by atoms with van der Waals surface area (Å²) < 4.78 is 41.3. The zero-order valence-electron chi connectivity index (χ0n) is 13.4. The number of sulfonamides is 1. The van der Waals surface area contributed by atoms with Crippen LogP contribution in [0.2, 0.25) is 0 Å². The maximum absolute atomic E-state index is 12.4. The molecule has 1 fully saturated rings. The highest BCUT2D eigenvalue weighted by atomic mass is 32.2. The zero-order chi connectivity index (χ0) is 17.0. The lowest BCUT2D eigenvalue weighted by molar-refractivity contribution is -0.0464. The number of ketones is 1. The van der Waals surface area contributed by atoms with Gasteiger partial charge in [-0.05, 0) is 18.2 Å². The molecule has 1 heterocycles. The molecule has 0 saturated carbocycles. The van der Waals surface area contributed by atoms with Gasteiger partial charge < -0.3 is 14.2 Å². The maximum Gasteiger partial charge on any atom is 0.242 e. The fourth-order valence-corrected chi connectivity index (χ4v) is 3.16. The van der Waals surface area contributed by atoms with E-state index in [2.05, 4.69) is 0 Å². The predicted octanol–water partition coefficient (Wildman–Crippen LogP) is 1.28. The smallest absolute Gasteiger partial charge is 0.242 e. The van der Waals surface area contributed by atoms with E-state index in [9.17, 15) is 13.2 Å². The van der Waals surface area contributed by atoms with Crippen LogP contribution in [0.4, 0.5) is 0 Å². The summed E-state index contributed by atoms with van der Waals surface area (Å²) in [6.45, 7) is 1.05. The number of ether oxygens (including phenoxy) is 3. The van der Waals surface area contributed by atoms with E-state index in [0.29, 0.717) is 25.4 Å². The van der Waals surface area contributed by atoms with Crippen molar-refractivity contribution in [2.24, 2.45) is 0 Å². The Bertz CT molecular complexity index is 665. The molecule has 2 rings (SSSR count). The standard InChI is InChI=1S/C15H21NO6S/c1-16(2)23(18,19)11-4-6-14(20-3)12(10-11)13(17)5-7-15-21-8-9-22-15/h4,6,10,15H,5,7-9H2,1-3H3. The molecule has 0 aromatic heterocycles. The Morgan fingerprint density at radius 1 is 1.30 bits per heavy atom. The zero-order valence-corrected chi connectivity index (χ0v) is 14.3. The Morgan fingerprint density at radius 3 is 2.52 bits per heavy atom. The number of benzene rings is 1. The highest BCUT2D eigenvalue weighted by Crippen LogP contribution is 2.26. The van der Waals surface area contributed by atoms with Crippen molar-refractivity contribution in [1.29, 1.82) is 0 Å². The SMILES string of the molecule is COc1ccc(S(=O)(=O)N(C)C)cc1C(=O)CCC1OCCO1. The molecule has 0 N–H and O–H groups in total. The molecule has 1 aromatic carbocycles. The highest BCUT2D eigenvalue weighted by molar-refractivity contribution is 7.89. The van der Waals surface area contributed by atoms with Gasteiger partial charge in [0.25, 0.3) is 0 Å². The Morgan fingerprint density at radius 2 is 1.96 bits per heavy atom. The number of carbonyl (C=O) groups excluding carboxylic acids is 1. The molecule has 128 valence electrons. The summed E-state index contributed by atoms with van der Waals surface area (Å²) in [5, 5.41) is 0. The van der Waals surface area contributed by atoms with Crippen LogP contribution < -0.4 is 4.74 Å². The Labute approximate surface area is 136 Å². The monoisotopic (exact) mass is 343 g/mol. The number of hydrogen-bond donors (Lipinski definition) is 0. The second kappa shape index (κ2) is 7.39. The van der Waals surface area contributed by atoms with Crippen LogP contribution in [-0.2, 0) is 19.5 Å². The molecule has 1 aliphatic rings. The van der Waals surface area contributed by atoms with Gasteiger partial charge >= 0.3 is 0 Å². The normalized spacial score (nSPS) is 16.0. The fraction of sp³-hybridized carbons (Fsp3) is 0.533. The molecule has 23 heavy (non-hydrogen) atoms. The van der Waals surface area contributed by atoms with Crippen LogP contribution in [0.15, 0.2) is 23.1 Å². The van der Waals surface area contributed by atoms with Crippen molar-refractivity contribution in [2.45, 2.75) is 24.0 Å². The average Bonchev–Trinajstić information content (AvgIpc) is 3.05. The number of hydrogen-bond acceptors (Lipinski definition) is 6. The molecule has 1 aromatic rings. The molecule has 0 radical (unpaired) electrons. The third-order valence-corrected chi connectivity index (χ3v) is 5.36. The van der Waals surface area contributed by atoms with Crippen molar-refractivity contribution in [3.63, 3.8) is 0 Å². The van der Waals surface area contributed by atoms with Crippen molar-refractivity contribution < 1.29 is 27.4 Å². The minimum atomic E-state index is -3.61. The quantitative estimate of drug-likeness (QED) is 0.694. The molecule has 0 bridgehead atoms. The number of methoxy groups -OCH3 is 1. The van der Waals surface area contributed by atoms with Gasteiger partial charge in [-0.3, -0.25) is 4.79 Å². The van der Waals surface area contributed by atoms with Gasteiger partial charge in [0.2, 0.25) is 10.0 Å². The number of nitrogens with zero attached hydrogens (tertiary/aromatic N) is 1. The first-order valence-corrected chi connectivity index (χ1v) is 8.67. The van der Waals surface area contributed by atoms with Crippen molar-refractivity contribution in [2.75, 3.05) is 34.4 Å². The van der Waals surface area contributed by atoms with Crippen LogP contribution in [0.25, 0.3) is 0 Å². The van der Waals surface area contributed by atoms with Crippen molar-refractivity contribution >= 4 is 15.8 Å². The maximum atomic E-state index is 12.4. The Kier molecular flexibility index (Phi) is 5.74. The molecular weight excluding hydrogens is 322 g/mol. The third kappa shape index (κ3) is 4.08. The van der Waals surface area contributed by atoms with Crippen molar-refractivity contribution in [3.05, 3.63) is 23.8 Å². The fourth-order valence-electron chi connectivity index (χ4n) is 2.23. The molecule has 7 nitrogen and oxygen atoms in total. The van der Waals surface area contributed by atoms with Gasteiger partial charge in [0.15, 0.2) is 12.1 Å². The van der Waals surface area contributed by atoms with Crippen LogP contribution in [0.3, 0.4) is 0 Å². The lowest BCUT2D eigenvalue weighted by Crippen LogP contribution is -2.22. The molecule has 1 aliphatic heterocycles. The van der Waals surface area contributed by atoms with Crippen LogP contribution in [0.1, 0.15) is 23.2 Å². The van der Waals surface area contributed by atoms with Gasteiger partial charge in [0.1, 0.15) is 5.75 Å². The molecule has 0 spiro atoms. The van der Waals surface area contributed by atoms with Gasteiger partial charge in [-0.1, -0.05) is 0 Å². The van der Waals surface area contributed by atoms with E-state index >= 15 is 0 Å². The molecule has 0 aliphatic carbocycles. The minimum absolute atomic E-state index is 0.0556. The van der Waals surface area contributed by atoms with Crippen LogP contribution in [0, 0.1) is 0 Å². The second-order valence-corrected chi connectivity index (χ2v) is 7.43.